The van der Waals surface area contributed by atoms with Crippen LogP contribution in [0.1, 0.15) is 18.4 Å². The zero-order valence-corrected chi connectivity index (χ0v) is 12.7. The summed E-state index contributed by atoms with van der Waals surface area (Å²) < 4.78 is 0. The van der Waals surface area contributed by atoms with Gasteiger partial charge in [-0.3, -0.25) is 10.1 Å². The van der Waals surface area contributed by atoms with Crippen LogP contribution in [0.2, 0.25) is 0 Å². The second kappa shape index (κ2) is 6.03. The number of hydrogen-bond acceptors (Lipinski definition) is 2. The van der Waals surface area contributed by atoms with Crippen LogP contribution in [0.15, 0.2) is 36.0 Å². The molecule has 0 radical (unpaired) electrons. The van der Waals surface area contributed by atoms with Gasteiger partial charge in [0.2, 0.25) is 0 Å². The van der Waals surface area contributed by atoms with Crippen LogP contribution in [0.3, 0.4) is 0 Å². The monoisotopic (exact) mass is 437 g/mol. The Morgan fingerprint density at radius 3 is 2.62 bits per heavy atom. The van der Waals surface area contributed by atoms with E-state index < -0.39 is 0 Å². The molecule has 2 rings (SSSR count). The van der Waals surface area contributed by atoms with E-state index in [9.17, 15) is 10.1 Å². The molecule has 1 aliphatic rings. The molecule has 0 unspecified atom stereocenters. The van der Waals surface area contributed by atoms with E-state index in [1.54, 1.807) is 0 Å². The molecule has 0 aromatic heterocycles. The minimum atomic E-state index is -0.349. The molecule has 0 bridgehead atoms. The van der Waals surface area contributed by atoms with Gasteiger partial charge in [-0.25, -0.2) is 23.3 Å². The Hall–Kier alpha value is -0.848. The number of allylic oxidation sites excluding steroid dienone is 4. The van der Waals surface area contributed by atoms with E-state index >= 15 is 0 Å². The van der Waals surface area contributed by atoms with Gasteiger partial charge in [-0.2, -0.15) is 18.2 Å². The first kappa shape index (κ1) is 13.2. The molecule has 78 valence electrons. The van der Waals surface area contributed by atoms with Crippen molar-refractivity contribution in [3.63, 3.8) is 0 Å². The smallest absolute Gasteiger partial charge is 0.271 e. The number of hydrogen-bond donors (Lipinski definition) is 0. The van der Waals surface area contributed by atoms with Crippen LogP contribution in [-0.4, -0.2) is 4.92 Å². The number of nitro groups is 1. The summed E-state index contributed by atoms with van der Waals surface area (Å²) in [5, 5.41) is 10.5. The summed E-state index contributed by atoms with van der Waals surface area (Å²) in [7, 11) is 0. The second-order valence-electron chi connectivity index (χ2n) is 3.29. The van der Waals surface area contributed by atoms with Crippen molar-refractivity contribution >= 4 is 5.57 Å². The number of nitrogens with zero attached hydrogens (tertiary/aromatic N) is 1. The van der Waals surface area contributed by atoms with Gasteiger partial charge in [0.15, 0.2) is 5.70 Å². The molecule has 0 fully saturated rings. The van der Waals surface area contributed by atoms with Crippen molar-refractivity contribution in [3.05, 3.63) is 63.9 Å². The maximum Gasteiger partial charge on any atom is 2.00 e. The molecule has 0 spiro atoms. The molecular weight excluding hydrogens is 428 g/mol. The summed E-state index contributed by atoms with van der Waals surface area (Å²) in [5.74, 6) is 0. The van der Waals surface area contributed by atoms with Gasteiger partial charge in [0, 0.05) is 0 Å². The Labute approximate surface area is 118 Å². The third kappa shape index (κ3) is 3.07. The van der Waals surface area contributed by atoms with Gasteiger partial charge in [-0.15, -0.1) is 12.1 Å². The van der Waals surface area contributed by atoms with Crippen molar-refractivity contribution in [2.45, 2.75) is 12.8 Å². The summed E-state index contributed by atoms with van der Waals surface area (Å²) in [6.07, 6.45) is 5.54. The first-order valence-electron chi connectivity index (χ1n) is 4.70. The summed E-state index contributed by atoms with van der Waals surface area (Å²) in [6, 6.07) is 10.7. The Bertz CT molecular complexity index is 438. The Kier molecular flexibility index (Phi) is 4.98. The van der Waals surface area contributed by atoms with Gasteiger partial charge in [0.05, 0.1) is 0 Å². The van der Waals surface area contributed by atoms with Gasteiger partial charge >= 0.3 is 31.1 Å². The average Bonchev–Trinajstić information content (AvgIpc) is 2.30. The van der Waals surface area contributed by atoms with Crippen LogP contribution in [0.25, 0.3) is 5.57 Å². The van der Waals surface area contributed by atoms with Crippen LogP contribution in [-0.2, 0) is 0 Å². The van der Waals surface area contributed by atoms with E-state index in [2.05, 4.69) is 12.1 Å². The van der Waals surface area contributed by atoms with E-state index in [-0.39, 0.29) is 41.7 Å². The van der Waals surface area contributed by atoms with Crippen LogP contribution >= 0.6 is 0 Å². The molecular formula is C12H9NO2U. The molecule has 0 amide bonds. The van der Waals surface area contributed by atoms with Gasteiger partial charge in [0.1, 0.15) is 0 Å². The minimum absolute atomic E-state index is 0. The molecule has 4 heteroatoms. The van der Waals surface area contributed by atoms with E-state index in [1.165, 1.54) is 6.08 Å². The maximum atomic E-state index is 10.5. The van der Waals surface area contributed by atoms with Crippen molar-refractivity contribution < 1.29 is 36.0 Å². The fourth-order valence-electron chi connectivity index (χ4n) is 1.51. The zero-order valence-electron chi connectivity index (χ0n) is 8.56. The second-order valence-corrected chi connectivity index (χ2v) is 3.29. The molecule has 1 aliphatic carbocycles. The quantitative estimate of drug-likeness (QED) is 0.406. The van der Waals surface area contributed by atoms with Crippen LogP contribution in [0.5, 0.6) is 0 Å². The third-order valence-corrected chi connectivity index (χ3v) is 2.31. The molecule has 0 aliphatic heterocycles. The van der Waals surface area contributed by atoms with E-state index in [1.807, 2.05) is 24.3 Å². The maximum absolute atomic E-state index is 10.5. The molecule has 3 nitrogen and oxygen atoms in total. The number of benzene rings is 1. The van der Waals surface area contributed by atoms with Crippen molar-refractivity contribution in [2.75, 3.05) is 0 Å². The van der Waals surface area contributed by atoms with Gasteiger partial charge in [-0.05, 0) is 11.3 Å². The summed E-state index contributed by atoms with van der Waals surface area (Å²) in [4.78, 5) is 10.1. The minimum Gasteiger partial charge on any atom is -0.271 e. The van der Waals surface area contributed by atoms with Crippen LogP contribution in [0, 0.1) is 53.4 Å². The summed E-state index contributed by atoms with van der Waals surface area (Å²) in [6.45, 7) is 0. The predicted octanol–water partition coefficient (Wildman–Crippen LogP) is 2.63. The molecule has 1 aromatic carbocycles. The molecule has 0 N–H and O–H groups in total. The van der Waals surface area contributed by atoms with E-state index in [0.717, 1.165) is 11.1 Å². The molecule has 0 saturated carbocycles. The van der Waals surface area contributed by atoms with Crippen molar-refractivity contribution in [2.24, 2.45) is 0 Å². The van der Waals surface area contributed by atoms with Gasteiger partial charge in [-0.1, -0.05) is 6.42 Å². The van der Waals surface area contributed by atoms with Crippen molar-refractivity contribution in [1.29, 1.82) is 0 Å². The molecule has 0 heterocycles. The Balaban J connectivity index is 0.00000128. The zero-order chi connectivity index (χ0) is 10.7. The number of rotatable bonds is 2. The molecule has 0 saturated heterocycles. The van der Waals surface area contributed by atoms with Crippen LogP contribution < -0.4 is 0 Å². The van der Waals surface area contributed by atoms with Gasteiger partial charge in [0.25, 0.3) is 0 Å². The molecule has 1 aromatic rings. The SMILES string of the molecule is O=[N+]([O-])C1=C[C-]=C(c2[c-]cccc2)CC1.[U+2]. The fourth-order valence-corrected chi connectivity index (χ4v) is 1.51. The topological polar surface area (TPSA) is 43.1 Å². The third-order valence-electron chi connectivity index (χ3n) is 2.31. The summed E-state index contributed by atoms with van der Waals surface area (Å²) >= 11 is 0. The van der Waals surface area contributed by atoms with Crippen molar-refractivity contribution in [3.8, 4) is 0 Å². The standard InChI is InChI=1S/C12H9NO2.U/c14-13(15)12-8-6-11(7-9-12)10-4-2-1-3-5-10;/h1-4,9H,6,8H2;/q-2;+2. The van der Waals surface area contributed by atoms with Crippen molar-refractivity contribution in [1.82, 2.24) is 0 Å². The predicted molar refractivity (Wildman–Crippen MR) is 56.2 cm³/mol. The first-order valence-corrected chi connectivity index (χ1v) is 4.70. The summed E-state index contributed by atoms with van der Waals surface area (Å²) in [5.41, 5.74) is 2.19. The average molecular weight is 437 g/mol. The Morgan fingerprint density at radius 1 is 1.31 bits per heavy atom. The van der Waals surface area contributed by atoms with E-state index in [4.69, 9.17) is 0 Å². The normalized spacial score (nSPS) is 14.5. The first-order chi connectivity index (χ1) is 7.27. The fraction of sp³-hybridized carbons (Fsp3) is 0.167. The van der Waals surface area contributed by atoms with E-state index in [0.29, 0.717) is 12.8 Å². The largest absolute Gasteiger partial charge is 2.00 e. The van der Waals surface area contributed by atoms with Gasteiger partial charge < -0.3 is 0 Å². The molecule has 0 atom stereocenters. The molecule has 16 heavy (non-hydrogen) atoms. The Morgan fingerprint density at radius 2 is 2.12 bits per heavy atom. The van der Waals surface area contributed by atoms with Crippen LogP contribution in [0.4, 0.5) is 0 Å².